The molecule has 8 heteroatoms. The Kier molecular flexibility index (Phi) is 4.19. The van der Waals surface area contributed by atoms with Crippen molar-refractivity contribution in [2.45, 2.75) is 11.8 Å². The number of aromatic nitrogens is 2. The standard InChI is InChI=1S/C23H17N3O4S/c1-15-19-13-16(26(27)28)11-12-21(19)24-23(15)20-14-25(22-10-6-5-9-18(20)22)31(29,30)17-7-3-2-4-8-17/h2-14,24H,1H3. The quantitative estimate of drug-likeness (QED) is 0.311. The summed E-state index contributed by atoms with van der Waals surface area (Å²) < 4.78 is 28.0. The molecule has 7 nitrogen and oxygen atoms in total. The molecule has 0 unspecified atom stereocenters. The van der Waals surface area contributed by atoms with Crippen LogP contribution in [0.15, 0.2) is 83.9 Å². The summed E-state index contributed by atoms with van der Waals surface area (Å²) in [5.74, 6) is 0. The van der Waals surface area contributed by atoms with Gasteiger partial charge in [-0.3, -0.25) is 10.1 Å². The second-order valence-corrected chi connectivity index (χ2v) is 9.10. The highest BCUT2D eigenvalue weighted by Gasteiger charge is 2.23. The molecule has 0 saturated heterocycles. The first-order chi connectivity index (χ1) is 14.9. The highest BCUT2D eigenvalue weighted by Crippen LogP contribution is 2.37. The molecule has 3 aromatic carbocycles. The smallest absolute Gasteiger partial charge is 0.270 e. The van der Waals surface area contributed by atoms with Crippen molar-refractivity contribution in [3.05, 3.63) is 94.7 Å². The normalized spacial score (nSPS) is 11.9. The molecule has 0 fully saturated rings. The molecule has 0 aliphatic heterocycles. The Labute approximate surface area is 177 Å². The molecular formula is C23H17N3O4S. The van der Waals surface area contributed by atoms with Crippen LogP contribution in [0.5, 0.6) is 0 Å². The lowest BCUT2D eigenvalue weighted by Gasteiger charge is -2.07. The Bertz CT molecular complexity index is 1580. The van der Waals surface area contributed by atoms with E-state index in [4.69, 9.17) is 0 Å². The summed E-state index contributed by atoms with van der Waals surface area (Å²) in [7, 11) is -3.80. The fourth-order valence-corrected chi connectivity index (χ4v) is 5.34. The third kappa shape index (κ3) is 2.91. The Morgan fingerprint density at radius 3 is 2.39 bits per heavy atom. The van der Waals surface area contributed by atoms with Crippen molar-refractivity contribution in [3.8, 4) is 11.3 Å². The topological polar surface area (TPSA) is 98.0 Å². The molecule has 0 bridgehead atoms. The fraction of sp³-hybridized carbons (Fsp3) is 0.0435. The summed E-state index contributed by atoms with van der Waals surface area (Å²) >= 11 is 0. The summed E-state index contributed by atoms with van der Waals surface area (Å²) in [4.78, 5) is 14.3. The zero-order valence-corrected chi connectivity index (χ0v) is 17.3. The summed E-state index contributed by atoms with van der Waals surface area (Å²) in [6.45, 7) is 1.87. The lowest BCUT2D eigenvalue weighted by atomic mass is 10.1. The molecule has 1 N–H and O–H groups in total. The maximum atomic E-state index is 13.3. The number of rotatable bonds is 4. The number of fused-ring (bicyclic) bond motifs is 2. The van der Waals surface area contributed by atoms with Gasteiger partial charge in [-0.05, 0) is 36.8 Å². The van der Waals surface area contributed by atoms with Crippen LogP contribution in [0.2, 0.25) is 0 Å². The molecule has 0 spiro atoms. The Morgan fingerprint density at radius 2 is 1.65 bits per heavy atom. The summed E-state index contributed by atoms with van der Waals surface area (Å²) in [6.07, 6.45) is 1.61. The summed E-state index contributed by atoms with van der Waals surface area (Å²) in [5, 5.41) is 12.7. The molecule has 31 heavy (non-hydrogen) atoms. The average Bonchev–Trinajstić information content (AvgIpc) is 3.32. The Morgan fingerprint density at radius 1 is 0.935 bits per heavy atom. The van der Waals surface area contributed by atoms with Crippen LogP contribution in [0, 0.1) is 17.0 Å². The minimum atomic E-state index is -3.80. The molecule has 0 saturated carbocycles. The molecule has 0 atom stereocenters. The number of hydrogen-bond acceptors (Lipinski definition) is 4. The van der Waals surface area contributed by atoms with Crippen LogP contribution in [0.4, 0.5) is 5.69 Å². The second kappa shape index (κ2) is 6.82. The lowest BCUT2D eigenvalue weighted by Crippen LogP contribution is -2.11. The largest absolute Gasteiger partial charge is 0.354 e. The highest BCUT2D eigenvalue weighted by molar-refractivity contribution is 7.90. The van der Waals surface area contributed by atoms with E-state index < -0.39 is 14.9 Å². The van der Waals surface area contributed by atoms with Crippen LogP contribution in [0.3, 0.4) is 0 Å². The molecule has 154 valence electrons. The maximum absolute atomic E-state index is 13.3. The second-order valence-electron chi connectivity index (χ2n) is 7.29. The number of benzene rings is 3. The van der Waals surface area contributed by atoms with Crippen molar-refractivity contribution < 1.29 is 13.3 Å². The van der Waals surface area contributed by atoms with Crippen molar-refractivity contribution in [2.24, 2.45) is 0 Å². The van der Waals surface area contributed by atoms with Crippen LogP contribution in [-0.4, -0.2) is 22.3 Å². The van der Waals surface area contributed by atoms with Gasteiger partial charge in [-0.15, -0.1) is 0 Å². The van der Waals surface area contributed by atoms with E-state index in [0.717, 1.165) is 27.5 Å². The van der Waals surface area contributed by atoms with Gasteiger partial charge in [0.2, 0.25) is 0 Å². The number of non-ortho nitro benzene ring substituents is 1. The number of aromatic amines is 1. The van der Waals surface area contributed by atoms with Crippen molar-refractivity contribution in [1.29, 1.82) is 0 Å². The van der Waals surface area contributed by atoms with Gasteiger partial charge >= 0.3 is 0 Å². The number of nitro benzene ring substituents is 1. The van der Waals surface area contributed by atoms with E-state index in [-0.39, 0.29) is 10.6 Å². The van der Waals surface area contributed by atoms with Gasteiger partial charge in [0.05, 0.1) is 21.0 Å². The van der Waals surface area contributed by atoms with Crippen molar-refractivity contribution in [3.63, 3.8) is 0 Å². The highest BCUT2D eigenvalue weighted by atomic mass is 32.2. The van der Waals surface area contributed by atoms with Crippen molar-refractivity contribution in [2.75, 3.05) is 0 Å². The fourth-order valence-electron chi connectivity index (χ4n) is 3.95. The predicted octanol–water partition coefficient (Wildman–Crippen LogP) is 5.24. The van der Waals surface area contributed by atoms with Gasteiger partial charge in [0.15, 0.2) is 0 Å². The van der Waals surface area contributed by atoms with Gasteiger partial charge in [-0.2, -0.15) is 0 Å². The molecule has 2 heterocycles. The first kappa shape index (κ1) is 19.1. The van der Waals surface area contributed by atoms with Gasteiger partial charge < -0.3 is 4.98 Å². The molecule has 0 aliphatic carbocycles. The number of nitrogens with zero attached hydrogens (tertiary/aromatic N) is 2. The molecule has 0 aliphatic rings. The number of aryl methyl sites for hydroxylation is 1. The minimum absolute atomic E-state index is 0.00948. The molecular weight excluding hydrogens is 414 g/mol. The number of hydrogen-bond donors (Lipinski definition) is 1. The molecule has 0 amide bonds. The van der Waals surface area contributed by atoms with Crippen LogP contribution in [-0.2, 0) is 10.0 Å². The molecule has 5 rings (SSSR count). The average molecular weight is 431 g/mol. The molecule has 2 aromatic heterocycles. The van der Waals surface area contributed by atoms with Gasteiger partial charge in [0, 0.05) is 40.2 Å². The number of nitro groups is 1. The molecule has 5 aromatic rings. The Hall–Kier alpha value is -3.91. The summed E-state index contributed by atoms with van der Waals surface area (Å²) in [5.41, 5.74) is 3.58. The van der Waals surface area contributed by atoms with Gasteiger partial charge in [-0.1, -0.05) is 36.4 Å². The number of para-hydroxylation sites is 1. The first-order valence-electron chi connectivity index (χ1n) is 9.56. The van der Waals surface area contributed by atoms with E-state index >= 15 is 0 Å². The van der Waals surface area contributed by atoms with Crippen LogP contribution in [0.1, 0.15) is 5.56 Å². The zero-order chi connectivity index (χ0) is 21.8. The van der Waals surface area contributed by atoms with E-state index in [2.05, 4.69) is 4.98 Å². The predicted molar refractivity (Wildman–Crippen MR) is 120 cm³/mol. The van der Waals surface area contributed by atoms with Gasteiger partial charge in [-0.25, -0.2) is 12.4 Å². The van der Waals surface area contributed by atoms with Gasteiger partial charge in [0.1, 0.15) is 0 Å². The van der Waals surface area contributed by atoms with Crippen LogP contribution < -0.4 is 0 Å². The van der Waals surface area contributed by atoms with Gasteiger partial charge in [0.25, 0.3) is 15.7 Å². The maximum Gasteiger partial charge on any atom is 0.270 e. The first-order valence-corrected chi connectivity index (χ1v) is 11.0. The van der Waals surface area contributed by atoms with E-state index in [9.17, 15) is 18.5 Å². The van der Waals surface area contributed by atoms with Crippen molar-refractivity contribution >= 4 is 37.5 Å². The lowest BCUT2D eigenvalue weighted by molar-refractivity contribution is -0.384. The van der Waals surface area contributed by atoms with E-state index in [0.29, 0.717) is 11.1 Å². The SMILES string of the molecule is Cc1c(-c2cn(S(=O)(=O)c3ccccc3)c3ccccc23)[nH]c2ccc([N+](=O)[O-])cc12. The third-order valence-corrected chi connectivity index (χ3v) is 7.19. The summed E-state index contributed by atoms with van der Waals surface area (Å²) in [6, 6.07) is 20.2. The van der Waals surface area contributed by atoms with Crippen LogP contribution in [0.25, 0.3) is 33.1 Å². The number of nitrogens with one attached hydrogen (secondary N) is 1. The van der Waals surface area contributed by atoms with E-state index in [1.54, 1.807) is 54.7 Å². The van der Waals surface area contributed by atoms with E-state index in [1.165, 1.54) is 16.1 Å². The zero-order valence-electron chi connectivity index (χ0n) is 16.4. The number of H-pyrrole nitrogens is 1. The van der Waals surface area contributed by atoms with E-state index in [1.807, 2.05) is 19.1 Å². The third-order valence-electron chi connectivity index (χ3n) is 5.50. The Balaban J connectivity index is 1.78. The van der Waals surface area contributed by atoms with Crippen LogP contribution >= 0.6 is 0 Å². The minimum Gasteiger partial charge on any atom is -0.354 e. The van der Waals surface area contributed by atoms with Crippen molar-refractivity contribution in [1.82, 2.24) is 8.96 Å². The molecule has 0 radical (unpaired) electrons. The monoisotopic (exact) mass is 431 g/mol.